The zero-order chi connectivity index (χ0) is 31.2. The number of aromatic nitrogens is 1. The van der Waals surface area contributed by atoms with E-state index < -0.39 is 65.9 Å². The first-order chi connectivity index (χ1) is 20.2. The first-order valence-electron chi connectivity index (χ1n) is 13.3. The number of hydrogen-bond donors (Lipinski definition) is 3. The van der Waals surface area contributed by atoms with E-state index in [0.717, 1.165) is 12.5 Å². The second-order valence-corrected chi connectivity index (χ2v) is 15.1. The minimum absolute atomic E-state index is 0.0293. The van der Waals surface area contributed by atoms with E-state index in [1.807, 2.05) is 0 Å². The molecule has 43 heavy (non-hydrogen) atoms. The number of rotatable bonds is 8. The van der Waals surface area contributed by atoms with Crippen LogP contribution in [0.4, 0.5) is 18.9 Å². The van der Waals surface area contributed by atoms with Crippen LogP contribution in [0.5, 0.6) is 0 Å². The number of nitrogens with zero attached hydrogens (tertiary/aromatic N) is 1. The number of aliphatic hydroxyl groups is 1. The number of carbonyl (C=O) groups excluding carboxylic acids is 1. The van der Waals surface area contributed by atoms with E-state index in [1.165, 1.54) is 30.5 Å². The molecule has 1 amide bonds. The molecule has 2 aliphatic rings. The van der Waals surface area contributed by atoms with Gasteiger partial charge in [-0.1, -0.05) is 24.1 Å². The number of halogens is 4. The monoisotopic (exact) mass is 657 g/mol. The van der Waals surface area contributed by atoms with Crippen molar-refractivity contribution in [3.05, 3.63) is 82.8 Å². The van der Waals surface area contributed by atoms with Gasteiger partial charge in [0.25, 0.3) is 15.9 Å². The lowest BCUT2D eigenvalue weighted by atomic mass is 9.61. The number of hydrogen-bond acceptors (Lipinski definition) is 7. The van der Waals surface area contributed by atoms with Crippen LogP contribution in [-0.2, 0) is 19.9 Å². The molecule has 1 heterocycles. The Morgan fingerprint density at radius 1 is 1.00 bits per heavy atom. The summed E-state index contributed by atoms with van der Waals surface area (Å²) in [5.74, 6) is -6.72. The predicted octanol–water partition coefficient (Wildman–Crippen LogP) is 4.47. The van der Waals surface area contributed by atoms with E-state index in [2.05, 4.69) is 15.0 Å². The number of sulfonamides is 1. The first-order valence-corrected chi connectivity index (χ1v) is 16.8. The number of anilines is 1. The van der Waals surface area contributed by atoms with Crippen LogP contribution in [0.2, 0.25) is 5.02 Å². The van der Waals surface area contributed by atoms with Gasteiger partial charge in [-0.15, -0.1) is 0 Å². The Balaban J connectivity index is 1.35. The van der Waals surface area contributed by atoms with Gasteiger partial charge in [-0.05, 0) is 67.9 Å². The summed E-state index contributed by atoms with van der Waals surface area (Å²) in [6.45, 7) is -0.311. The summed E-state index contributed by atoms with van der Waals surface area (Å²) in [5.41, 5.74) is -2.04. The van der Waals surface area contributed by atoms with Crippen molar-refractivity contribution >= 4 is 43.1 Å². The number of carbonyl (C=O) groups is 1. The summed E-state index contributed by atoms with van der Waals surface area (Å²) in [4.78, 5) is 16.3. The number of fused-ring (bicyclic) bond motifs is 2. The quantitative estimate of drug-likeness (QED) is 0.304. The third-order valence-electron chi connectivity index (χ3n) is 8.25. The molecule has 0 aliphatic heterocycles. The largest absolute Gasteiger partial charge is 0.388 e. The minimum Gasteiger partial charge on any atom is -0.388 e. The summed E-state index contributed by atoms with van der Waals surface area (Å²) in [7, 11) is -8.18. The van der Waals surface area contributed by atoms with Gasteiger partial charge < -0.3 is 10.4 Å². The van der Waals surface area contributed by atoms with E-state index in [1.54, 1.807) is 6.07 Å². The van der Waals surface area contributed by atoms with Gasteiger partial charge in [0.2, 0.25) is 0 Å². The third kappa shape index (κ3) is 6.16. The van der Waals surface area contributed by atoms with E-state index in [0.29, 0.717) is 25.0 Å². The van der Waals surface area contributed by atoms with Crippen molar-refractivity contribution in [1.82, 2.24) is 9.71 Å². The average molecular weight is 658 g/mol. The van der Waals surface area contributed by atoms with Crippen molar-refractivity contribution in [2.45, 2.75) is 52.9 Å². The highest BCUT2D eigenvalue weighted by Crippen LogP contribution is 2.50. The number of sulfone groups is 1. The van der Waals surface area contributed by atoms with Crippen LogP contribution in [0.15, 0.2) is 64.6 Å². The Hall–Kier alpha value is -3.04. The maximum Gasteiger partial charge on any atom is 0.258 e. The molecule has 2 saturated carbocycles. The Morgan fingerprint density at radius 2 is 1.65 bits per heavy atom. The number of benzene rings is 2. The summed E-state index contributed by atoms with van der Waals surface area (Å²) in [5, 5.41) is 12.6. The van der Waals surface area contributed by atoms with Crippen molar-refractivity contribution in [3.63, 3.8) is 0 Å². The molecule has 9 nitrogen and oxygen atoms in total. The lowest BCUT2D eigenvalue weighted by Gasteiger charge is -2.51. The van der Waals surface area contributed by atoms with Gasteiger partial charge in [-0.3, -0.25) is 4.79 Å². The SMILES string of the molecule is O=C(Nc1cc(F)c(F)c(F)c1)c1ccc(Cl)c(S(=O)(=O)C2CC3CCCC(C2)C3(O)CNS(=O)(=O)c2ccccn2)c1. The van der Waals surface area contributed by atoms with Crippen molar-refractivity contribution in [2.75, 3.05) is 11.9 Å². The van der Waals surface area contributed by atoms with Crippen molar-refractivity contribution in [3.8, 4) is 0 Å². The smallest absolute Gasteiger partial charge is 0.258 e. The highest BCUT2D eigenvalue weighted by atomic mass is 35.5. The van der Waals surface area contributed by atoms with Crippen molar-refractivity contribution in [2.24, 2.45) is 11.8 Å². The lowest BCUT2D eigenvalue weighted by molar-refractivity contribution is -0.112. The molecule has 0 saturated heterocycles. The maximum absolute atomic E-state index is 13.9. The zero-order valence-electron chi connectivity index (χ0n) is 22.4. The number of pyridine rings is 1. The minimum atomic E-state index is -4.16. The molecule has 3 aromatic rings. The Bertz CT molecular complexity index is 1740. The van der Waals surface area contributed by atoms with Crippen LogP contribution in [0.25, 0.3) is 0 Å². The van der Waals surface area contributed by atoms with Gasteiger partial charge in [0.15, 0.2) is 32.3 Å². The molecule has 5 rings (SSSR count). The van der Waals surface area contributed by atoms with Crippen LogP contribution < -0.4 is 10.0 Å². The molecule has 2 atom stereocenters. The Morgan fingerprint density at radius 3 is 2.26 bits per heavy atom. The molecule has 2 unspecified atom stereocenters. The van der Waals surface area contributed by atoms with E-state index in [9.17, 15) is 39.9 Å². The molecule has 2 aliphatic carbocycles. The molecule has 0 spiro atoms. The molecule has 0 radical (unpaired) electrons. The molecule has 230 valence electrons. The van der Waals surface area contributed by atoms with Crippen LogP contribution >= 0.6 is 11.6 Å². The Labute approximate surface area is 251 Å². The van der Waals surface area contributed by atoms with Crippen molar-refractivity contribution in [1.29, 1.82) is 0 Å². The lowest BCUT2D eigenvalue weighted by Crippen LogP contribution is -2.60. The highest BCUT2D eigenvalue weighted by Gasteiger charge is 2.53. The van der Waals surface area contributed by atoms with Gasteiger partial charge in [-0.25, -0.2) is 39.7 Å². The normalized spacial score (nSPS) is 24.0. The molecule has 3 N–H and O–H groups in total. The van der Waals surface area contributed by atoms with Crippen LogP contribution in [0, 0.1) is 29.3 Å². The maximum atomic E-state index is 13.9. The van der Waals surface area contributed by atoms with Crippen LogP contribution in [0.3, 0.4) is 0 Å². The summed E-state index contributed by atoms with van der Waals surface area (Å²) >= 11 is 6.27. The summed E-state index contributed by atoms with van der Waals surface area (Å²) in [6, 6.07) is 9.08. The van der Waals surface area contributed by atoms with Gasteiger partial charge >= 0.3 is 0 Å². The van der Waals surface area contributed by atoms with E-state index in [4.69, 9.17) is 11.6 Å². The van der Waals surface area contributed by atoms with Crippen LogP contribution in [-0.4, -0.2) is 50.2 Å². The fourth-order valence-electron chi connectivity index (χ4n) is 6.02. The Kier molecular flexibility index (Phi) is 8.62. The second-order valence-electron chi connectivity index (χ2n) is 10.8. The zero-order valence-corrected chi connectivity index (χ0v) is 24.8. The molecule has 2 bridgehead atoms. The molecule has 2 aromatic carbocycles. The van der Waals surface area contributed by atoms with Gasteiger partial charge in [-0.2, -0.15) is 0 Å². The van der Waals surface area contributed by atoms with E-state index in [-0.39, 0.29) is 45.6 Å². The molecular formula is C28H27ClF3N3O6S2. The number of nitrogens with one attached hydrogen (secondary N) is 2. The second kappa shape index (κ2) is 11.8. The summed E-state index contributed by atoms with van der Waals surface area (Å²) in [6.07, 6.45) is 3.08. The summed E-state index contributed by atoms with van der Waals surface area (Å²) < 4.78 is 96.1. The topological polar surface area (TPSA) is 143 Å². The predicted molar refractivity (Wildman–Crippen MR) is 151 cm³/mol. The standard InChI is InChI=1S/C28H27ClF3N3O6S2/c29-21-8-7-16(27(36)35-19-13-22(30)26(32)23(31)14-19)10-24(21)42(38,39)20-11-17-4-3-5-18(12-20)28(17,37)15-34-43(40,41)25-6-1-2-9-33-25/h1-2,6-10,13-14,17-18,20,34,37H,3-5,11-12,15H2,(H,35,36). The molecule has 2 fully saturated rings. The van der Waals surface area contributed by atoms with Gasteiger partial charge in [0, 0.05) is 36.1 Å². The first kappa shape index (κ1) is 31.4. The fraction of sp³-hybridized carbons (Fsp3) is 0.357. The number of amides is 1. The molecule has 15 heteroatoms. The highest BCUT2D eigenvalue weighted by molar-refractivity contribution is 7.92. The van der Waals surface area contributed by atoms with Gasteiger partial charge in [0.1, 0.15) is 0 Å². The van der Waals surface area contributed by atoms with Crippen LogP contribution in [0.1, 0.15) is 42.5 Å². The van der Waals surface area contributed by atoms with Gasteiger partial charge in [0.05, 0.1) is 20.8 Å². The third-order valence-corrected chi connectivity index (χ3v) is 12.2. The molecule has 1 aromatic heterocycles. The van der Waals surface area contributed by atoms with E-state index >= 15 is 0 Å². The average Bonchev–Trinajstić information content (AvgIpc) is 2.95. The van der Waals surface area contributed by atoms with Crippen molar-refractivity contribution < 1.29 is 39.9 Å². The molecular weight excluding hydrogens is 631 g/mol. The fourth-order valence-corrected chi connectivity index (χ4v) is 9.45.